The summed E-state index contributed by atoms with van der Waals surface area (Å²) in [4.78, 5) is 24.0. The molecule has 7 heteroatoms. The monoisotopic (exact) mass is 355 g/mol. The molecule has 1 saturated carbocycles. The summed E-state index contributed by atoms with van der Waals surface area (Å²) in [5, 5.41) is 5.46. The molecule has 0 radical (unpaired) electrons. The number of hydrogen-bond donors (Lipinski definition) is 3. The van der Waals surface area contributed by atoms with Crippen LogP contribution in [0, 0.1) is 11.8 Å². The molecule has 1 fully saturated rings. The van der Waals surface area contributed by atoms with E-state index in [0.717, 1.165) is 25.0 Å². The highest BCUT2D eigenvalue weighted by molar-refractivity contribution is 5.94. The number of carbonyl (C=O) groups is 2. The summed E-state index contributed by atoms with van der Waals surface area (Å²) < 4.78 is 5.34. The standard InChI is InChI=1S/C17H25N3O3.ClH/c1-2-23-14-8-6-13(7-9-14)20-16(21)11-19-17(22)15-5-3-4-12(15)10-18;/h6-9,12,15H,2-5,10-11,18H2,1H3,(H,19,22)(H,20,21);1H/t12-,15-;/m1./s1. The fourth-order valence-electron chi connectivity index (χ4n) is 2.97. The molecule has 4 N–H and O–H groups in total. The lowest BCUT2D eigenvalue weighted by Gasteiger charge is -2.17. The maximum absolute atomic E-state index is 12.1. The van der Waals surface area contributed by atoms with E-state index in [9.17, 15) is 9.59 Å². The van der Waals surface area contributed by atoms with Crippen molar-refractivity contribution in [1.29, 1.82) is 0 Å². The number of carbonyl (C=O) groups excluding carboxylic acids is 2. The Morgan fingerprint density at radius 1 is 1.25 bits per heavy atom. The van der Waals surface area contributed by atoms with Gasteiger partial charge in [-0.3, -0.25) is 9.59 Å². The Hall–Kier alpha value is -1.79. The minimum atomic E-state index is -0.246. The fourth-order valence-corrected chi connectivity index (χ4v) is 2.97. The van der Waals surface area contributed by atoms with E-state index < -0.39 is 0 Å². The Kier molecular flexibility index (Phi) is 8.57. The topological polar surface area (TPSA) is 93.5 Å². The van der Waals surface area contributed by atoms with Gasteiger partial charge in [0.25, 0.3) is 0 Å². The van der Waals surface area contributed by atoms with Crippen LogP contribution >= 0.6 is 12.4 Å². The normalized spacial score (nSPS) is 19.2. The second kappa shape index (κ2) is 10.2. The second-order valence-electron chi connectivity index (χ2n) is 5.76. The lowest BCUT2D eigenvalue weighted by molar-refractivity contribution is -0.128. The summed E-state index contributed by atoms with van der Waals surface area (Å²) in [6.45, 7) is 3.01. The van der Waals surface area contributed by atoms with Crippen LogP contribution in [0.2, 0.25) is 0 Å². The van der Waals surface area contributed by atoms with E-state index in [0.29, 0.717) is 18.8 Å². The first kappa shape index (κ1) is 20.3. The third-order valence-corrected chi connectivity index (χ3v) is 4.17. The van der Waals surface area contributed by atoms with Gasteiger partial charge in [-0.2, -0.15) is 0 Å². The third kappa shape index (κ3) is 5.69. The van der Waals surface area contributed by atoms with Gasteiger partial charge in [0.2, 0.25) is 11.8 Å². The summed E-state index contributed by atoms with van der Waals surface area (Å²) >= 11 is 0. The SMILES string of the molecule is CCOc1ccc(NC(=O)CNC(=O)[C@@H]2CCC[C@@H]2CN)cc1.Cl. The number of benzene rings is 1. The van der Waals surface area contributed by atoms with Crippen LogP contribution in [-0.4, -0.2) is 31.5 Å². The van der Waals surface area contributed by atoms with E-state index in [1.54, 1.807) is 24.3 Å². The molecule has 1 aromatic carbocycles. The molecule has 0 spiro atoms. The van der Waals surface area contributed by atoms with E-state index in [-0.39, 0.29) is 42.6 Å². The molecule has 2 rings (SSSR count). The summed E-state index contributed by atoms with van der Waals surface area (Å²) in [7, 11) is 0. The molecule has 2 atom stereocenters. The van der Waals surface area contributed by atoms with Gasteiger partial charge in [-0.1, -0.05) is 6.42 Å². The number of nitrogens with one attached hydrogen (secondary N) is 2. The molecule has 1 aliphatic rings. The van der Waals surface area contributed by atoms with Crippen molar-refractivity contribution in [3.05, 3.63) is 24.3 Å². The summed E-state index contributed by atoms with van der Waals surface area (Å²) in [6, 6.07) is 7.13. The molecule has 0 aromatic heterocycles. The first-order chi connectivity index (χ1) is 11.1. The molecule has 24 heavy (non-hydrogen) atoms. The van der Waals surface area contributed by atoms with E-state index in [4.69, 9.17) is 10.5 Å². The second-order valence-corrected chi connectivity index (χ2v) is 5.76. The van der Waals surface area contributed by atoms with E-state index in [1.807, 2.05) is 6.92 Å². The van der Waals surface area contributed by atoms with E-state index >= 15 is 0 Å². The zero-order valence-electron chi connectivity index (χ0n) is 13.9. The Morgan fingerprint density at radius 2 is 1.96 bits per heavy atom. The van der Waals surface area contributed by atoms with Crippen molar-refractivity contribution >= 4 is 29.9 Å². The van der Waals surface area contributed by atoms with Crippen LogP contribution in [0.4, 0.5) is 5.69 Å². The highest BCUT2D eigenvalue weighted by Gasteiger charge is 2.31. The zero-order valence-corrected chi connectivity index (χ0v) is 14.7. The number of amides is 2. The zero-order chi connectivity index (χ0) is 16.7. The highest BCUT2D eigenvalue weighted by Crippen LogP contribution is 2.30. The Balaban J connectivity index is 0.00000288. The van der Waals surface area contributed by atoms with Crippen molar-refractivity contribution in [2.75, 3.05) is 25.0 Å². The van der Waals surface area contributed by atoms with Crippen molar-refractivity contribution < 1.29 is 14.3 Å². The van der Waals surface area contributed by atoms with Crippen molar-refractivity contribution in [2.24, 2.45) is 17.6 Å². The summed E-state index contributed by atoms with van der Waals surface area (Å²) in [6.07, 6.45) is 2.87. The smallest absolute Gasteiger partial charge is 0.243 e. The van der Waals surface area contributed by atoms with Gasteiger partial charge in [0, 0.05) is 11.6 Å². The average Bonchev–Trinajstić information content (AvgIpc) is 3.03. The Labute approximate surface area is 148 Å². The van der Waals surface area contributed by atoms with Crippen molar-refractivity contribution in [1.82, 2.24) is 5.32 Å². The van der Waals surface area contributed by atoms with Gasteiger partial charge in [0.15, 0.2) is 0 Å². The molecule has 6 nitrogen and oxygen atoms in total. The average molecular weight is 356 g/mol. The summed E-state index contributed by atoms with van der Waals surface area (Å²) in [5.74, 6) is 0.625. The van der Waals surface area contributed by atoms with Crippen LogP contribution in [0.25, 0.3) is 0 Å². The van der Waals surface area contributed by atoms with Gasteiger partial charge < -0.3 is 21.1 Å². The lowest BCUT2D eigenvalue weighted by Crippen LogP contribution is -2.39. The van der Waals surface area contributed by atoms with Crippen LogP contribution in [0.5, 0.6) is 5.75 Å². The molecule has 0 bridgehead atoms. The number of hydrogen-bond acceptors (Lipinski definition) is 4. The van der Waals surface area contributed by atoms with Crippen LogP contribution in [0.3, 0.4) is 0 Å². The fraction of sp³-hybridized carbons (Fsp3) is 0.529. The van der Waals surface area contributed by atoms with Crippen LogP contribution in [-0.2, 0) is 9.59 Å². The number of halogens is 1. The highest BCUT2D eigenvalue weighted by atomic mass is 35.5. The minimum Gasteiger partial charge on any atom is -0.494 e. The van der Waals surface area contributed by atoms with Crippen LogP contribution in [0.15, 0.2) is 24.3 Å². The van der Waals surface area contributed by atoms with Crippen molar-refractivity contribution in [3.63, 3.8) is 0 Å². The number of anilines is 1. The minimum absolute atomic E-state index is 0. The maximum atomic E-state index is 12.1. The first-order valence-corrected chi connectivity index (χ1v) is 8.14. The van der Waals surface area contributed by atoms with Gasteiger partial charge >= 0.3 is 0 Å². The molecule has 1 aliphatic carbocycles. The quantitative estimate of drug-likeness (QED) is 0.696. The number of nitrogens with two attached hydrogens (primary N) is 1. The third-order valence-electron chi connectivity index (χ3n) is 4.17. The van der Waals surface area contributed by atoms with Gasteiger partial charge in [-0.15, -0.1) is 12.4 Å². The van der Waals surface area contributed by atoms with E-state index in [1.165, 1.54) is 0 Å². The summed E-state index contributed by atoms with van der Waals surface area (Å²) in [5.41, 5.74) is 6.36. The van der Waals surface area contributed by atoms with E-state index in [2.05, 4.69) is 10.6 Å². The molecular formula is C17H26ClN3O3. The van der Waals surface area contributed by atoms with Gasteiger partial charge in [0.1, 0.15) is 5.75 Å². The lowest BCUT2D eigenvalue weighted by atomic mass is 9.95. The molecule has 0 saturated heterocycles. The molecule has 134 valence electrons. The Bertz CT molecular complexity index is 536. The number of rotatable bonds is 7. The number of ether oxygens (including phenoxy) is 1. The van der Waals surface area contributed by atoms with Crippen molar-refractivity contribution in [3.8, 4) is 5.75 Å². The first-order valence-electron chi connectivity index (χ1n) is 8.14. The van der Waals surface area contributed by atoms with Gasteiger partial charge in [-0.05, 0) is 56.5 Å². The van der Waals surface area contributed by atoms with Gasteiger partial charge in [0.05, 0.1) is 13.2 Å². The molecule has 1 aromatic rings. The Morgan fingerprint density at radius 3 is 2.58 bits per heavy atom. The molecular weight excluding hydrogens is 330 g/mol. The van der Waals surface area contributed by atoms with Crippen LogP contribution < -0.4 is 21.1 Å². The van der Waals surface area contributed by atoms with Crippen LogP contribution in [0.1, 0.15) is 26.2 Å². The molecule has 2 amide bonds. The predicted molar refractivity (Wildman–Crippen MR) is 96.4 cm³/mol. The largest absolute Gasteiger partial charge is 0.494 e. The van der Waals surface area contributed by atoms with Crippen molar-refractivity contribution in [2.45, 2.75) is 26.2 Å². The molecule has 0 heterocycles. The molecule has 0 aliphatic heterocycles. The predicted octanol–water partition coefficient (Wildman–Crippen LogP) is 1.94. The van der Waals surface area contributed by atoms with Gasteiger partial charge in [-0.25, -0.2) is 0 Å². The molecule has 0 unspecified atom stereocenters. The maximum Gasteiger partial charge on any atom is 0.243 e.